The number of nitrogens with two attached hydrogens (primary N) is 1. The van der Waals surface area contributed by atoms with Crippen molar-refractivity contribution < 1.29 is 19.5 Å². The average molecular weight is 243 g/mol. The highest BCUT2D eigenvalue weighted by atomic mass is 16.4. The standard InChI is InChI=1S/C10H17N3O4/c11-8(14)5-7(10(16)17)13-9(15)6-1-3-12-4-2-6/h6-7,12H,1-5H2,(H2,11,14)(H,13,15)(H,16,17). The number of amides is 2. The molecule has 1 atom stereocenters. The fourth-order valence-electron chi connectivity index (χ4n) is 1.77. The van der Waals surface area contributed by atoms with E-state index in [4.69, 9.17) is 10.8 Å². The van der Waals surface area contributed by atoms with Crippen LogP contribution in [0.2, 0.25) is 0 Å². The molecule has 2 amide bonds. The second kappa shape index (κ2) is 6.19. The molecule has 1 unspecified atom stereocenters. The van der Waals surface area contributed by atoms with Gasteiger partial charge in [0, 0.05) is 5.92 Å². The highest BCUT2D eigenvalue weighted by Gasteiger charge is 2.27. The molecule has 0 bridgehead atoms. The molecule has 5 N–H and O–H groups in total. The molecule has 1 rings (SSSR count). The summed E-state index contributed by atoms with van der Waals surface area (Å²) in [5, 5.41) is 14.3. The molecule has 1 aliphatic rings. The topological polar surface area (TPSA) is 122 Å². The quantitative estimate of drug-likeness (QED) is 0.465. The molecule has 0 aliphatic carbocycles. The van der Waals surface area contributed by atoms with Crippen LogP contribution in [0.3, 0.4) is 0 Å². The molecular weight excluding hydrogens is 226 g/mol. The van der Waals surface area contributed by atoms with Gasteiger partial charge < -0.3 is 21.5 Å². The van der Waals surface area contributed by atoms with Gasteiger partial charge in [0.15, 0.2) is 0 Å². The van der Waals surface area contributed by atoms with Crippen LogP contribution in [-0.4, -0.2) is 42.0 Å². The first-order valence-corrected chi connectivity index (χ1v) is 5.53. The minimum Gasteiger partial charge on any atom is -0.480 e. The van der Waals surface area contributed by atoms with Gasteiger partial charge in [-0.3, -0.25) is 9.59 Å². The summed E-state index contributed by atoms with van der Waals surface area (Å²) in [7, 11) is 0. The molecule has 0 spiro atoms. The molecule has 7 heteroatoms. The van der Waals surface area contributed by atoms with Crippen LogP contribution in [-0.2, 0) is 14.4 Å². The van der Waals surface area contributed by atoms with Gasteiger partial charge in [0.25, 0.3) is 0 Å². The van der Waals surface area contributed by atoms with Crippen molar-refractivity contribution in [2.24, 2.45) is 11.7 Å². The second-order valence-electron chi connectivity index (χ2n) is 4.09. The Hall–Kier alpha value is -1.63. The number of primary amides is 1. The van der Waals surface area contributed by atoms with E-state index in [1.165, 1.54) is 0 Å². The Morgan fingerprint density at radius 3 is 2.41 bits per heavy atom. The lowest BCUT2D eigenvalue weighted by molar-refractivity contribution is -0.144. The zero-order chi connectivity index (χ0) is 12.8. The lowest BCUT2D eigenvalue weighted by Gasteiger charge is -2.23. The first-order valence-electron chi connectivity index (χ1n) is 5.53. The van der Waals surface area contributed by atoms with E-state index in [1.54, 1.807) is 0 Å². The third-order valence-corrected chi connectivity index (χ3v) is 2.73. The Labute approximate surface area is 98.7 Å². The van der Waals surface area contributed by atoms with Crippen LogP contribution < -0.4 is 16.4 Å². The number of carbonyl (C=O) groups excluding carboxylic acids is 2. The van der Waals surface area contributed by atoms with Crippen molar-refractivity contribution >= 4 is 17.8 Å². The van der Waals surface area contributed by atoms with E-state index in [-0.39, 0.29) is 18.2 Å². The zero-order valence-corrected chi connectivity index (χ0v) is 9.44. The van der Waals surface area contributed by atoms with Crippen molar-refractivity contribution in [2.75, 3.05) is 13.1 Å². The summed E-state index contributed by atoms with van der Waals surface area (Å²) in [6.07, 6.45) is 0.968. The number of nitrogens with one attached hydrogen (secondary N) is 2. The van der Waals surface area contributed by atoms with Crippen LogP contribution in [0.4, 0.5) is 0 Å². The second-order valence-corrected chi connectivity index (χ2v) is 4.09. The lowest BCUT2D eigenvalue weighted by Crippen LogP contribution is -2.47. The van der Waals surface area contributed by atoms with E-state index in [1.807, 2.05) is 0 Å². The summed E-state index contributed by atoms with van der Waals surface area (Å²) in [6, 6.07) is -1.23. The molecule has 0 saturated carbocycles. The number of carbonyl (C=O) groups is 3. The minimum absolute atomic E-state index is 0.189. The Bertz CT molecular complexity index is 313. The van der Waals surface area contributed by atoms with Gasteiger partial charge in [-0.05, 0) is 25.9 Å². The molecule has 17 heavy (non-hydrogen) atoms. The van der Waals surface area contributed by atoms with Crippen molar-refractivity contribution in [3.05, 3.63) is 0 Å². The number of carboxylic acids is 1. The number of hydrogen-bond acceptors (Lipinski definition) is 4. The summed E-state index contributed by atoms with van der Waals surface area (Å²) in [6.45, 7) is 1.48. The molecule has 1 heterocycles. The van der Waals surface area contributed by atoms with Crippen molar-refractivity contribution in [1.82, 2.24) is 10.6 Å². The fraction of sp³-hybridized carbons (Fsp3) is 0.700. The highest BCUT2D eigenvalue weighted by Crippen LogP contribution is 2.12. The van der Waals surface area contributed by atoms with E-state index in [0.29, 0.717) is 12.8 Å². The minimum atomic E-state index is -1.24. The molecule has 0 aromatic carbocycles. The summed E-state index contributed by atoms with van der Waals surface area (Å²) >= 11 is 0. The van der Waals surface area contributed by atoms with Gasteiger partial charge in [-0.15, -0.1) is 0 Å². The number of rotatable bonds is 5. The van der Waals surface area contributed by atoms with E-state index in [2.05, 4.69) is 10.6 Å². The molecule has 7 nitrogen and oxygen atoms in total. The monoisotopic (exact) mass is 243 g/mol. The Balaban J connectivity index is 2.50. The smallest absolute Gasteiger partial charge is 0.326 e. The van der Waals surface area contributed by atoms with Gasteiger partial charge >= 0.3 is 5.97 Å². The first kappa shape index (κ1) is 13.4. The average Bonchev–Trinajstić information content (AvgIpc) is 2.28. The third kappa shape index (κ3) is 4.39. The van der Waals surface area contributed by atoms with Crippen LogP contribution in [0, 0.1) is 5.92 Å². The zero-order valence-electron chi connectivity index (χ0n) is 9.44. The van der Waals surface area contributed by atoms with Crippen molar-refractivity contribution in [1.29, 1.82) is 0 Å². The number of hydrogen-bond donors (Lipinski definition) is 4. The molecule has 0 aromatic rings. The third-order valence-electron chi connectivity index (χ3n) is 2.73. The predicted octanol–water partition coefficient (Wildman–Crippen LogP) is -1.57. The first-order chi connectivity index (χ1) is 8.00. The Morgan fingerprint density at radius 1 is 1.35 bits per heavy atom. The van der Waals surface area contributed by atoms with Gasteiger partial charge in [0.05, 0.1) is 6.42 Å². The van der Waals surface area contributed by atoms with E-state index >= 15 is 0 Å². The highest BCUT2D eigenvalue weighted by molar-refractivity contribution is 5.88. The molecule has 1 fully saturated rings. The van der Waals surface area contributed by atoms with Gasteiger partial charge in [-0.25, -0.2) is 4.79 Å². The van der Waals surface area contributed by atoms with Crippen LogP contribution in [0.5, 0.6) is 0 Å². The van der Waals surface area contributed by atoms with Crippen molar-refractivity contribution in [3.8, 4) is 0 Å². The van der Waals surface area contributed by atoms with E-state index < -0.39 is 17.9 Å². The normalized spacial score (nSPS) is 18.4. The number of carboxylic acid groups (broad SMARTS) is 1. The van der Waals surface area contributed by atoms with Crippen LogP contribution >= 0.6 is 0 Å². The van der Waals surface area contributed by atoms with Crippen LogP contribution in [0.25, 0.3) is 0 Å². The number of aliphatic carboxylic acids is 1. The van der Waals surface area contributed by atoms with Crippen molar-refractivity contribution in [3.63, 3.8) is 0 Å². The van der Waals surface area contributed by atoms with Gasteiger partial charge in [0.1, 0.15) is 6.04 Å². The lowest BCUT2D eigenvalue weighted by atomic mass is 9.96. The summed E-state index contributed by atoms with van der Waals surface area (Å²) < 4.78 is 0. The van der Waals surface area contributed by atoms with E-state index in [9.17, 15) is 14.4 Å². The van der Waals surface area contributed by atoms with Gasteiger partial charge in [-0.2, -0.15) is 0 Å². The summed E-state index contributed by atoms with van der Waals surface area (Å²) in [5.74, 6) is -2.50. The van der Waals surface area contributed by atoms with Crippen molar-refractivity contribution in [2.45, 2.75) is 25.3 Å². The largest absolute Gasteiger partial charge is 0.480 e. The molecule has 1 aliphatic heterocycles. The summed E-state index contributed by atoms with van der Waals surface area (Å²) in [5.41, 5.74) is 4.92. The van der Waals surface area contributed by atoms with Gasteiger partial charge in [0.2, 0.25) is 11.8 Å². The number of piperidine rings is 1. The Morgan fingerprint density at radius 2 is 1.94 bits per heavy atom. The van der Waals surface area contributed by atoms with Crippen LogP contribution in [0.15, 0.2) is 0 Å². The predicted molar refractivity (Wildman–Crippen MR) is 59.0 cm³/mol. The summed E-state index contributed by atoms with van der Waals surface area (Å²) in [4.78, 5) is 33.2. The SMILES string of the molecule is NC(=O)CC(NC(=O)C1CCNCC1)C(=O)O. The van der Waals surface area contributed by atoms with Gasteiger partial charge in [-0.1, -0.05) is 0 Å². The molecular formula is C10H17N3O4. The maximum absolute atomic E-state index is 11.7. The molecule has 1 saturated heterocycles. The Kier molecular flexibility index (Phi) is 4.89. The molecule has 0 aromatic heterocycles. The van der Waals surface area contributed by atoms with E-state index in [0.717, 1.165) is 13.1 Å². The molecule has 96 valence electrons. The maximum atomic E-state index is 11.7. The fourth-order valence-corrected chi connectivity index (χ4v) is 1.77. The molecule has 0 radical (unpaired) electrons. The van der Waals surface area contributed by atoms with Crippen LogP contribution in [0.1, 0.15) is 19.3 Å². The maximum Gasteiger partial charge on any atom is 0.326 e.